The fourth-order valence-corrected chi connectivity index (χ4v) is 3.72. The highest BCUT2D eigenvalue weighted by Gasteiger charge is 2.19. The molecule has 160 valence electrons. The number of aryl methyl sites for hydroxylation is 1. The normalized spacial score (nSPS) is 12.2. The Kier molecular flexibility index (Phi) is 7.62. The van der Waals surface area contributed by atoms with E-state index in [2.05, 4.69) is 10.6 Å². The molecule has 1 aromatic heterocycles. The average molecular weight is 435 g/mol. The van der Waals surface area contributed by atoms with Crippen molar-refractivity contribution >= 4 is 29.2 Å². The Labute approximate surface area is 186 Å². The van der Waals surface area contributed by atoms with Crippen LogP contribution in [0.3, 0.4) is 0 Å². The molecule has 2 N–H and O–H groups in total. The van der Waals surface area contributed by atoms with Crippen molar-refractivity contribution in [2.75, 3.05) is 7.11 Å². The number of carbonyl (C=O) groups is 2. The number of methoxy groups -OCH3 is 1. The minimum atomic E-state index is -0.357. The lowest BCUT2D eigenvalue weighted by molar-refractivity contribution is -0.118. The highest BCUT2D eigenvalue weighted by Crippen LogP contribution is 2.19. The predicted molar refractivity (Wildman–Crippen MR) is 125 cm³/mol. The second kappa shape index (κ2) is 10.6. The molecule has 6 heteroatoms. The van der Waals surface area contributed by atoms with Gasteiger partial charge in [-0.15, -0.1) is 11.3 Å². The number of hydrogen-bond donors (Lipinski definition) is 2. The van der Waals surface area contributed by atoms with Crippen molar-refractivity contribution in [2.45, 2.75) is 26.3 Å². The number of benzene rings is 2. The summed E-state index contributed by atoms with van der Waals surface area (Å²) in [6.07, 6.45) is 2.43. The van der Waals surface area contributed by atoms with Gasteiger partial charge in [-0.25, -0.2) is 0 Å². The SMILES string of the molecule is CC[C@@H](NC(=O)/C(=C/c1cccs1)NC(=O)c1ccc(OC)cc1)c1ccc(C)cc1. The van der Waals surface area contributed by atoms with Gasteiger partial charge in [0, 0.05) is 10.4 Å². The zero-order valence-corrected chi connectivity index (χ0v) is 18.7. The standard InChI is InChI=1S/C25H26N2O3S/c1-4-22(18-9-7-17(2)8-10-18)26-25(29)23(16-21-6-5-15-31-21)27-24(28)19-11-13-20(30-3)14-12-19/h5-16,22H,4H2,1-3H3,(H,26,29)(H,27,28)/b23-16-/t22-/m1/s1. The van der Waals surface area contributed by atoms with Crippen LogP contribution < -0.4 is 15.4 Å². The van der Waals surface area contributed by atoms with Crippen LogP contribution in [0.5, 0.6) is 5.75 Å². The lowest BCUT2D eigenvalue weighted by Gasteiger charge is -2.19. The highest BCUT2D eigenvalue weighted by atomic mass is 32.1. The second-order valence-corrected chi connectivity index (χ2v) is 8.08. The van der Waals surface area contributed by atoms with Crippen molar-refractivity contribution in [1.82, 2.24) is 10.6 Å². The Bertz CT molecular complexity index is 1040. The summed E-state index contributed by atoms with van der Waals surface area (Å²) in [6.45, 7) is 4.04. The summed E-state index contributed by atoms with van der Waals surface area (Å²) in [7, 11) is 1.57. The molecule has 0 aliphatic rings. The van der Waals surface area contributed by atoms with Gasteiger partial charge >= 0.3 is 0 Å². The quantitative estimate of drug-likeness (QED) is 0.485. The van der Waals surface area contributed by atoms with Gasteiger partial charge in [-0.1, -0.05) is 42.8 Å². The smallest absolute Gasteiger partial charge is 0.268 e. The van der Waals surface area contributed by atoms with Crippen molar-refractivity contribution in [3.05, 3.63) is 93.3 Å². The Morgan fingerprint density at radius 2 is 1.77 bits per heavy atom. The van der Waals surface area contributed by atoms with E-state index in [1.165, 1.54) is 11.3 Å². The van der Waals surface area contributed by atoms with E-state index >= 15 is 0 Å². The lowest BCUT2D eigenvalue weighted by Crippen LogP contribution is -2.36. The van der Waals surface area contributed by atoms with Crippen molar-refractivity contribution < 1.29 is 14.3 Å². The molecule has 0 aliphatic heterocycles. The number of carbonyl (C=O) groups excluding carboxylic acids is 2. The molecule has 2 aromatic carbocycles. The Balaban J connectivity index is 1.81. The maximum Gasteiger partial charge on any atom is 0.268 e. The molecule has 5 nitrogen and oxygen atoms in total. The van der Waals surface area contributed by atoms with E-state index in [4.69, 9.17) is 4.74 Å². The monoisotopic (exact) mass is 434 g/mol. The molecule has 31 heavy (non-hydrogen) atoms. The molecule has 0 saturated carbocycles. The van der Waals surface area contributed by atoms with Gasteiger partial charge in [0.1, 0.15) is 11.4 Å². The Hall–Kier alpha value is -3.38. The van der Waals surface area contributed by atoms with Crippen LogP contribution in [0.25, 0.3) is 6.08 Å². The number of hydrogen-bond acceptors (Lipinski definition) is 4. The molecule has 2 amide bonds. The molecule has 0 radical (unpaired) electrons. The van der Waals surface area contributed by atoms with Gasteiger partial charge in [0.25, 0.3) is 11.8 Å². The predicted octanol–water partition coefficient (Wildman–Crippen LogP) is 5.10. The molecule has 0 saturated heterocycles. The molecule has 0 unspecified atom stereocenters. The Morgan fingerprint density at radius 1 is 1.06 bits per heavy atom. The van der Waals surface area contributed by atoms with E-state index in [-0.39, 0.29) is 23.6 Å². The van der Waals surface area contributed by atoms with Crippen LogP contribution in [-0.4, -0.2) is 18.9 Å². The molecule has 3 rings (SSSR count). The minimum absolute atomic E-state index is 0.155. The first kappa shape index (κ1) is 22.3. The van der Waals surface area contributed by atoms with Crippen LogP contribution in [-0.2, 0) is 4.79 Å². The van der Waals surface area contributed by atoms with E-state index in [0.717, 1.165) is 22.4 Å². The topological polar surface area (TPSA) is 67.4 Å². The number of amides is 2. The van der Waals surface area contributed by atoms with Gasteiger partial charge in [0.2, 0.25) is 0 Å². The van der Waals surface area contributed by atoms with Crippen LogP contribution in [0, 0.1) is 6.92 Å². The molecular weight excluding hydrogens is 408 g/mol. The summed E-state index contributed by atoms with van der Waals surface area (Å²) in [4.78, 5) is 26.8. The van der Waals surface area contributed by atoms with Crippen molar-refractivity contribution in [3.8, 4) is 5.75 Å². The van der Waals surface area contributed by atoms with E-state index in [9.17, 15) is 9.59 Å². The molecule has 1 atom stereocenters. The van der Waals surface area contributed by atoms with Crippen molar-refractivity contribution in [3.63, 3.8) is 0 Å². The fourth-order valence-electron chi connectivity index (χ4n) is 3.07. The first-order chi connectivity index (χ1) is 15.0. The summed E-state index contributed by atoms with van der Waals surface area (Å²) in [5, 5.41) is 7.75. The van der Waals surface area contributed by atoms with E-state index in [1.54, 1.807) is 37.5 Å². The summed E-state index contributed by atoms with van der Waals surface area (Å²) in [5.74, 6) is -0.0285. The third-order valence-corrected chi connectivity index (χ3v) is 5.69. The summed E-state index contributed by atoms with van der Waals surface area (Å²) >= 11 is 1.49. The molecule has 0 spiro atoms. The molecule has 1 heterocycles. The van der Waals surface area contributed by atoms with Gasteiger partial charge in [-0.2, -0.15) is 0 Å². The van der Waals surface area contributed by atoms with Gasteiger partial charge < -0.3 is 15.4 Å². The first-order valence-corrected chi connectivity index (χ1v) is 11.0. The van der Waals surface area contributed by atoms with Gasteiger partial charge in [0.15, 0.2) is 0 Å². The number of rotatable bonds is 8. The maximum absolute atomic E-state index is 13.1. The van der Waals surface area contributed by atoms with Crippen LogP contribution in [0.2, 0.25) is 0 Å². The third-order valence-electron chi connectivity index (χ3n) is 4.87. The van der Waals surface area contributed by atoms with Crippen LogP contribution >= 0.6 is 11.3 Å². The van der Waals surface area contributed by atoms with Gasteiger partial charge in [-0.05, 0) is 60.7 Å². The Morgan fingerprint density at radius 3 is 2.35 bits per heavy atom. The highest BCUT2D eigenvalue weighted by molar-refractivity contribution is 7.10. The summed E-state index contributed by atoms with van der Waals surface area (Å²) in [6, 6.07) is 18.5. The largest absolute Gasteiger partial charge is 0.497 e. The first-order valence-electron chi connectivity index (χ1n) is 10.1. The van der Waals surface area contributed by atoms with E-state index in [1.807, 2.05) is 55.6 Å². The molecule has 0 fully saturated rings. The third kappa shape index (κ3) is 6.06. The van der Waals surface area contributed by atoms with Gasteiger partial charge in [-0.3, -0.25) is 9.59 Å². The van der Waals surface area contributed by atoms with E-state index in [0.29, 0.717) is 11.3 Å². The molecule has 0 aliphatic carbocycles. The molecule has 3 aromatic rings. The fraction of sp³-hybridized carbons (Fsp3) is 0.200. The second-order valence-electron chi connectivity index (χ2n) is 7.10. The number of thiophene rings is 1. The zero-order valence-electron chi connectivity index (χ0n) is 17.8. The molecule has 0 bridgehead atoms. The zero-order chi connectivity index (χ0) is 22.2. The number of ether oxygens (including phenoxy) is 1. The van der Waals surface area contributed by atoms with Crippen LogP contribution in [0.4, 0.5) is 0 Å². The minimum Gasteiger partial charge on any atom is -0.497 e. The molecular formula is C25H26N2O3S. The van der Waals surface area contributed by atoms with Gasteiger partial charge in [0.05, 0.1) is 13.2 Å². The summed E-state index contributed by atoms with van der Waals surface area (Å²) < 4.78 is 5.14. The van der Waals surface area contributed by atoms with Crippen molar-refractivity contribution in [1.29, 1.82) is 0 Å². The number of nitrogens with one attached hydrogen (secondary N) is 2. The van der Waals surface area contributed by atoms with Crippen LogP contribution in [0.15, 0.2) is 71.7 Å². The van der Waals surface area contributed by atoms with Crippen molar-refractivity contribution in [2.24, 2.45) is 0 Å². The maximum atomic E-state index is 13.1. The average Bonchev–Trinajstić information content (AvgIpc) is 3.30. The van der Waals surface area contributed by atoms with E-state index < -0.39 is 0 Å². The van der Waals surface area contributed by atoms with Crippen LogP contribution in [0.1, 0.15) is 45.7 Å². The summed E-state index contributed by atoms with van der Waals surface area (Å²) in [5.41, 5.74) is 2.83. The lowest BCUT2D eigenvalue weighted by atomic mass is 10.0.